The van der Waals surface area contributed by atoms with Crippen LogP contribution in [0.25, 0.3) is 0 Å². The molecule has 0 aromatic carbocycles. The number of piperidine rings is 3. The Kier molecular flexibility index (Phi) is 2.47. The van der Waals surface area contributed by atoms with Crippen LogP contribution in [0.5, 0.6) is 0 Å². The molecule has 0 spiro atoms. The maximum Gasteiger partial charge on any atom is 0.0227 e. The molecule has 0 aliphatic carbocycles. The quantitative estimate of drug-likeness (QED) is 0.625. The van der Waals surface area contributed by atoms with Crippen molar-refractivity contribution in [2.24, 2.45) is 5.92 Å². The van der Waals surface area contributed by atoms with E-state index in [-0.39, 0.29) is 0 Å². The first-order valence-electron chi connectivity index (χ1n) is 4.97. The smallest absolute Gasteiger partial charge is 0.0227 e. The van der Waals surface area contributed by atoms with Gasteiger partial charge in [-0.3, -0.25) is 0 Å². The normalized spacial score (nSPS) is 39.8. The standard InChI is InChI=1S/C10H18N2/c1-2-5-11-10-8-12-6-3-9(10)4-7-12/h2,9-11H,1,3-8H2. The molecule has 0 saturated carbocycles. The number of nitrogens with zero attached hydrogens (tertiary/aromatic N) is 1. The summed E-state index contributed by atoms with van der Waals surface area (Å²) in [6.45, 7) is 8.62. The van der Waals surface area contributed by atoms with Crippen molar-refractivity contribution < 1.29 is 0 Å². The minimum Gasteiger partial charge on any atom is -0.309 e. The van der Waals surface area contributed by atoms with E-state index in [1.54, 1.807) is 0 Å². The lowest BCUT2D eigenvalue weighted by Gasteiger charge is -2.45. The molecule has 3 saturated heterocycles. The molecular formula is C10H18N2. The van der Waals surface area contributed by atoms with Crippen molar-refractivity contribution in [2.45, 2.75) is 18.9 Å². The summed E-state index contributed by atoms with van der Waals surface area (Å²) in [7, 11) is 0. The van der Waals surface area contributed by atoms with E-state index in [4.69, 9.17) is 0 Å². The third-order valence-electron chi connectivity index (χ3n) is 3.18. The van der Waals surface area contributed by atoms with Crippen molar-refractivity contribution in [2.75, 3.05) is 26.2 Å². The molecule has 3 aliphatic rings. The highest BCUT2D eigenvalue weighted by atomic mass is 15.2. The van der Waals surface area contributed by atoms with Gasteiger partial charge in [-0.05, 0) is 31.8 Å². The average Bonchev–Trinajstić information content (AvgIpc) is 2.17. The molecular weight excluding hydrogens is 148 g/mol. The van der Waals surface area contributed by atoms with Gasteiger partial charge in [0, 0.05) is 19.1 Å². The third-order valence-corrected chi connectivity index (χ3v) is 3.18. The second-order valence-electron chi connectivity index (χ2n) is 3.94. The maximum absolute atomic E-state index is 3.73. The van der Waals surface area contributed by atoms with E-state index in [9.17, 15) is 0 Å². The Labute approximate surface area is 74.6 Å². The monoisotopic (exact) mass is 166 g/mol. The van der Waals surface area contributed by atoms with Crippen molar-refractivity contribution in [1.29, 1.82) is 0 Å². The minimum absolute atomic E-state index is 0.741. The van der Waals surface area contributed by atoms with Crippen LogP contribution in [0.1, 0.15) is 12.8 Å². The van der Waals surface area contributed by atoms with E-state index in [1.807, 2.05) is 6.08 Å². The number of hydrogen-bond donors (Lipinski definition) is 1. The predicted molar refractivity (Wildman–Crippen MR) is 51.2 cm³/mol. The van der Waals surface area contributed by atoms with Gasteiger partial charge < -0.3 is 10.2 Å². The minimum atomic E-state index is 0.741. The summed E-state index contributed by atoms with van der Waals surface area (Å²) in [6, 6.07) is 0.741. The largest absolute Gasteiger partial charge is 0.309 e. The van der Waals surface area contributed by atoms with Crippen LogP contribution in [0.2, 0.25) is 0 Å². The van der Waals surface area contributed by atoms with Crippen LogP contribution in [0.15, 0.2) is 12.7 Å². The Bertz CT molecular complexity index is 159. The lowest BCUT2D eigenvalue weighted by molar-refractivity contribution is 0.0745. The molecule has 0 amide bonds. The van der Waals surface area contributed by atoms with Gasteiger partial charge in [0.25, 0.3) is 0 Å². The fraction of sp³-hybridized carbons (Fsp3) is 0.800. The van der Waals surface area contributed by atoms with E-state index in [0.29, 0.717) is 0 Å². The summed E-state index contributed by atoms with van der Waals surface area (Å²) in [5.41, 5.74) is 0. The second kappa shape index (κ2) is 3.58. The highest BCUT2D eigenvalue weighted by Gasteiger charge is 2.33. The van der Waals surface area contributed by atoms with Crippen molar-refractivity contribution in [3.8, 4) is 0 Å². The zero-order chi connectivity index (χ0) is 8.39. The van der Waals surface area contributed by atoms with Crippen molar-refractivity contribution in [1.82, 2.24) is 10.2 Å². The summed E-state index contributed by atoms with van der Waals surface area (Å²) in [4.78, 5) is 2.57. The first-order chi connectivity index (χ1) is 5.90. The van der Waals surface area contributed by atoms with Crippen LogP contribution in [0.4, 0.5) is 0 Å². The number of nitrogens with one attached hydrogen (secondary N) is 1. The lowest BCUT2D eigenvalue weighted by Crippen LogP contribution is -2.56. The molecule has 3 aliphatic heterocycles. The molecule has 3 rings (SSSR count). The Morgan fingerprint density at radius 2 is 2.17 bits per heavy atom. The van der Waals surface area contributed by atoms with E-state index >= 15 is 0 Å². The lowest BCUT2D eigenvalue weighted by atomic mass is 9.84. The fourth-order valence-corrected chi connectivity index (χ4v) is 2.43. The second-order valence-corrected chi connectivity index (χ2v) is 3.94. The summed E-state index contributed by atoms with van der Waals surface area (Å²) in [5, 5.41) is 3.54. The van der Waals surface area contributed by atoms with E-state index in [0.717, 1.165) is 18.5 Å². The van der Waals surface area contributed by atoms with E-state index in [1.165, 1.54) is 32.5 Å². The topological polar surface area (TPSA) is 15.3 Å². The molecule has 2 nitrogen and oxygen atoms in total. The van der Waals surface area contributed by atoms with Crippen LogP contribution in [-0.4, -0.2) is 37.1 Å². The molecule has 0 radical (unpaired) electrons. The molecule has 2 heteroatoms. The Morgan fingerprint density at radius 1 is 1.42 bits per heavy atom. The van der Waals surface area contributed by atoms with Gasteiger partial charge in [0.15, 0.2) is 0 Å². The summed E-state index contributed by atoms with van der Waals surface area (Å²) in [6.07, 6.45) is 4.75. The van der Waals surface area contributed by atoms with Gasteiger partial charge in [-0.25, -0.2) is 0 Å². The molecule has 1 N–H and O–H groups in total. The van der Waals surface area contributed by atoms with Crippen molar-refractivity contribution in [3.05, 3.63) is 12.7 Å². The SMILES string of the molecule is C=CCNC1CN2CCC1CC2. The van der Waals surface area contributed by atoms with Gasteiger partial charge in [0.05, 0.1) is 0 Å². The van der Waals surface area contributed by atoms with Gasteiger partial charge in [0.1, 0.15) is 0 Å². The number of fused-ring (bicyclic) bond motifs is 3. The first kappa shape index (κ1) is 8.27. The van der Waals surface area contributed by atoms with Crippen molar-refractivity contribution >= 4 is 0 Å². The highest BCUT2D eigenvalue weighted by Crippen LogP contribution is 2.27. The van der Waals surface area contributed by atoms with E-state index < -0.39 is 0 Å². The molecule has 12 heavy (non-hydrogen) atoms. The average molecular weight is 166 g/mol. The fourth-order valence-electron chi connectivity index (χ4n) is 2.43. The molecule has 0 aromatic rings. The van der Waals surface area contributed by atoms with Crippen LogP contribution in [-0.2, 0) is 0 Å². The third kappa shape index (κ3) is 1.54. The zero-order valence-electron chi connectivity index (χ0n) is 7.63. The molecule has 3 heterocycles. The highest BCUT2D eigenvalue weighted by molar-refractivity contribution is 4.91. The number of hydrogen-bond acceptors (Lipinski definition) is 2. The van der Waals surface area contributed by atoms with Gasteiger partial charge >= 0.3 is 0 Å². The summed E-state index contributed by atoms with van der Waals surface area (Å²) in [5.74, 6) is 0.940. The van der Waals surface area contributed by atoms with Crippen molar-refractivity contribution in [3.63, 3.8) is 0 Å². The maximum atomic E-state index is 3.73. The Morgan fingerprint density at radius 3 is 2.67 bits per heavy atom. The van der Waals surface area contributed by atoms with Gasteiger partial charge in [-0.2, -0.15) is 0 Å². The molecule has 1 unspecified atom stereocenters. The molecule has 0 aromatic heterocycles. The summed E-state index contributed by atoms with van der Waals surface area (Å²) < 4.78 is 0. The van der Waals surface area contributed by atoms with E-state index in [2.05, 4.69) is 16.8 Å². The zero-order valence-corrected chi connectivity index (χ0v) is 7.63. The van der Waals surface area contributed by atoms with Crippen LogP contribution < -0.4 is 5.32 Å². The Hall–Kier alpha value is -0.340. The van der Waals surface area contributed by atoms with Crippen LogP contribution in [0, 0.1) is 5.92 Å². The van der Waals surface area contributed by atoms with Crippen LogP contribution in [0.3, 0.4) is 0 Å². The van der Waals surface area contributed by atoms with Crippen LogP contribution >= 0.6 is 0 Å². The molecule has 68 valence electrons. The molecule has 1 atom stereocenters. The van der Waals surface area contributed by atoms with Gasteiger partial charge in [0.2, 0.25) is 0 Å². The number of rotatable bonds is 3. The molecule has 3 fully saturated rings. The predicted octanol–water partition coefficient (Wildman–Crippen LogP) is 0.856. The molecule has 2 bridgehead atoms. The van der Waals surface area contributed by atoms with Gasteiger partial charge in [-0.15, -0.1) is 6.58 Å². The first-order valence-corrected chi connectivity index (χ1v) is 4.97. The summed E-state index contributed by atoms with van der Waals surface area (Å²) >= 11 is 0. The van der Waals surface area contributed by atoms with Gasteiger partial charge in [-0.1, -0.05) is 6.08 Å². The Balaban J connectivity index is 1.86.